The fourth-order valence-electron chi connectivity index (χ4n) is 3.60. The number of aromatic nitrogens is 1. The van der Waals surface area contributed by atoms with Crippen LogP contribution in [0.3, 0.4) is 0 Å². The number of hydrogen-bond donors (Lipinski definition) is 3. The van der Waals surface area contributed by atoms with Crippen LogP contribution < -0.4 is 21.5 Å². The van der Waals surface area contributed by atoms with E-state index < -0.39 is 5.91 Å². The molecule has 158 valence electrons. The van der Waals surface area contributed by atoms with E-state index in [1.54, 1.807) is 11.3 Å². The van der Waals surface area contributed by atoms with E-state index in [1.807, 2.05) is 18.2 Å². The third-order valence-electron chi connectivity index (χ3n) is 5.18. The molecule has 0 bridgehead atoms. The fraction of sp³-hybridized carbons (Fsp3) is 0.286. The number of hydrazine groups is 1. The number of nitrogens with one attached hydrogen (secondary N) is 2. The SMILES string of the molecule is Cl.NCC(=O)NNC(=O)C1CCN(c2cc(-c3ccccc3)nc3ccsc23)CC1. The number of nitrogens with two attached hydrogens (primary N) is 1. The quantitative estimate of drug-likeness (QED) is 0.536. The molecule has 2 aromatic heterocycles. The summed E-state index contributed by atoms with van der Waals surface area (Å²) in [7, 11) is 0. The van der Waals surface area contributed by atoms with Crippen molar-refractivity contribution in [3.8, 4) is 11.3 Å². The lowest BCUT2D eigenvalue weighted by molar-refractivity contribution is -0.131. The van der Waals surface area contributed by atoms with Gasteiger partial charge in [-0.05, 0) is 30.4 Å². The zero-order valence-electron chi connectivity index (χ0n) is 16.3. The normalized spacial score (nSPS) is 14.2. The first-order valence-corrected chi connectivity index (χ1v) is 10.5. The third-order valence-corrected chi connectivity index (χ3v) is 6.10. The molecule has 1 fully saturated rings. The van der Waals surface area contributed by atoms with Crippen LogP contribution in [0.25, 0.3) is 21.5 Å². The first-order chi connectivity index (χ1) is 14.2. The van der Waals surface area contributed by atoms with E-state index in [2.05, 4.69) is 45.4 Å². The molecule has 0 spiro atoms. The van der Waals surface area contributed by atoms with Crippen molar-refractivity contribution in [2.75, 3.05) is 24.5 Å². The minimum Gasteiger partial charge on any atom is -0.370 e. The number of pyridine rings is 1. The molecule has 2 amide bonds. The minimum absolute atomic E-state index is 0. The summed E-state index contributed by atoms with van der Waals surface area (Å²) in [5, 5.41) is 2.07. The maximum Gasteiger partial charge on any atom is 0.252 e. The van der Waals surface area contributed by atoms with Crippen molar-refractivity contribution in [2.45, 2.75) is 12.8 Å². The molecule has 1 aromatic carbocycles. The third kappa shape index (κ3) is 4.72. The average molecular weight is 446 g/mol. The highest BCUT2D eigenvalue weighted by atomic mass is 35.5. The summed E-state index contributed by atoms with van der Waals surface area (Å²) < 4.78 is 1.17. The summed E-state index contributed by atoms with van der Waals surface area (Å²) in [6, 6.07) is 14.4. The highest BCUT2D eigenvalue weighted by Crippen LogP contribution is 2.36. The molecule has 1 aliphatic rings. The van der Waals surface area contributed by atoms with Crippen LogP contribution >= 0.6 is 23.7 Å². The second kappa shape index (κ2) is 9.88. The van der Waals surface area contributed by atoms with Crippen LogP contribution in [0.1, 0.15) is 12.8 Å². The molecule has 30 heavy (non-hydrogen) atoms. The molecule has 3 heterocycles. The van der Waals surface area contributed by atoms with E-state index in [0.29, 0.717) is 0 Å². The van der Waals surface area contributed by atoms with Crippen molar-refractivity contribution in [3.63, 3.8) is 0 Å². The fourth-order valence-corrected chi connectivity index (χ4v) is 4.47. The lowest BCUT2D eigenvalue weighted by Crippen LogP contribution is -2.49. The summed E-state index contributed by atoms with van der Waals surface area (Å²) in [5.74, 6) is -0.688. The Morgan fingerprint density at radius 2 is 1.87 bits per heavy atom. The Hall–Kier alpha value is -2.68. The molecule has 9 heteroatoms. The van der Waals surface area contributed by atoms with Crippen molar-refractivity contribution in [1.82, 2.24) is 15.8 Å². The van der Waals surface area contributed by atoms with Gasteiger partial charge in [0.05, 0.1) is 28.1 Å². The molecule has 1 saturated heterocycles. The van der Waals surface area contributed by atoms with Crippen molar-refractivity contribution in [1.29, 1.82) is 0 Å². The number of piperidine rings is 1. The first kappa shape index (κ1) is 22.0. The highest BCUT2D eigenvalue weighted by Gasteiger charge is 2.26. The van der Waals surface area contributed by atoms with Crippen LogP contribution in [0.15, 0.2) is 47.8 Å². The van der Waals surface area contributed by atoms with Crippen LogP contribution in [0.4, 0.5) is 5.69 Å². The monoisotopic (exact) mass is 445 g/mol. The number of amides is 2. The van der Waals surface area contributed by atoms with E-state index >= 15 is 0 Å². The minimum atomic E-state index is -0.402. The summed E-state index contributed by atoms with van der Waals surface area (Å²) >= 11 is 1.69. The predicted molar refractivity (Wildman–Crippen MR) is 123 cm³/mol. The molecule has 0 unspecified atom stereocenters. The van der Waals surface area contributed by atoms with Gasteiger partial charge in [-0.3, -0.25) is 20.4 Å². The van der Waals surface area contributed by atoms with Gasteiger partial charge in [0, 0.05) is 24.6 Å². The summed E-state index contributed by atoms with van der Waals surface area (Å²) in [6.45, 7) is 1.39. The lowest BCUT2D eigenvalue weighted by atomic mass is 9.95. The number of halogens is 1. The first-order valence-electron chi connectivity index (χ1n) is 9.63. The Balaban J connectivity index is 0.00000256. The Kier molecular flexibility index (Phi) is 7.25. The van der Waals surface area contributed by atoms with E-state index in [-0.39, 0.29) is 30.8 Å². The van der Waals surface area contributed by atoms with Gasteiger partial charge in [-0.2, -0.15) is 0 Å². The highest BCUT2D eigenvalue weighted by molar-refractivity contribution is 7.17. The second-order valence-electron chi connectivity index (χ2n) is 7.03. The number of anilines is 1. The zero-order valence-corrected chi connectivity index (χ0v) is 18.0. The summed E-state index contributed by atoms with van der Waals surface area (Å²) in [5.41, 5.74) is 14.2. The predicted octanol–water partition coefficient (Wildman–Crippen LogP) is 2.71. The number of rotatable bonds is 4. The number of hydrogen-bond acceptors (Lipinski definition) is 6. The van der Waals surface area contributed by atoms with Gasteiger partial charge < -0.3 is 10.6 Å². The molecule has 7 nitrogen and oxygen atoms in total. The van der Waals surface area contributed by atoms with E-state index in [1.165, 1.54) is 10.4 Å². The Morgan fingerprint density at radius 3 is 2.57 bits per heavy atom. The van der Waals surface area contributed by atoms with Crippen molar-refractivity contribution in [3.05, 3.63) is 47.8 Å². The largest absolute Gasteiger partial charge is 0.370 e. The van der Waals surface area contributed by atoms with Gasteiger partial charge in [0.25, 0.3) is 5.91 Å². The van der Waals surface area contributed by atoms with Crippen molar-refractivity contribution in [2.24, 2.45) is 11.7 Å². The standard InChI is InChI=1S/C21H23N5O2S.ClH/c22-13-19(27)24-25-21(28)15-6-9-26(10-7-15)18-12-17(14-4-2-1-3-5-14)23-16-8-11-29-20(16)18;/h1-5,8,11-12,15H,6-7,9-10,13,22H2,(H,24,27)(H,25,28);1H. The smallest absolute Gasteiger partial charge is 0.252 e. The molecule has 4 N–H and O–H groups in total. The maximum atomic E-state index is 12.3. The molecule has 3 aromatic rings. The van der Waals surface area contributed by atoms with Crippen LogP contribution in [0.5, 0.6) is 0 Å². The lowest BCUT2D eigenvalue weighted by Gasteiger charge is -2.33. The number of carbonyl (C=O) groups is 2. The molecule has 0 radical (unpaired) electrons. The molecular weight excluding hydrogens is 422 g/mol. The van der Waals surface area contributed by atoms with Crippen LogP contribution in [-0.4, -0.2) is 36.4 Å². The molecule has 1 aliphatic heterocycles. The summed E-state index contributed by atoms with van der Waals surface area (Å²) in [4.78, 5) is 30.6. The van der Waals surface area contributed by atoms with Gasteiger partial charge in [0.1, 0.15) is 0 Å². The topological polar surface area (TPSA) is 100 Å². The Bertz CT molecular complexity index is 1020. The Labute approximate surface area is 185 Å². The van der Waals surface area contributed by atoms with Crippen LogP contribution in [-0.2, 0) is 9.59 Å². The number of benzene rings is 1. The van der Waals surface area contributed by atoms with Gasteiger partial charge >= 0.3 is 0 Å². The van der Waals surface area contributed by atoms with E-state index in [4.69, 9.17) is 10.7 Å². The van der Waals surface area contributed by atoms with Gasteiger partial charge in [-0.25, -0.2) is 4.98 Å². The second-order valence-corrected chi connectivity index (χ2v) is 7.95. The molecule has 0 atom stereocenters. The number of thiophene rings is 1. The number of carbonyl (C=O) groups excluding carboxylic acids is 2. The molecule has 4 rings (SSSR count). The van der Waals surface area contributed by atoms with E-state index in [9.17, 15) is 9.59 Å². The van der Waals surface area contributed by atoms with Crippen LogP contribution in [0.2, 0.25) is 0 Å². The number of nitrogens with zero attached hydrogens (tertiary/aromatic N) is 2. The molecular formula is C21H24ClN5O2S. The van der Waals surface area contributed by atoms with Crippen molar-refractivity contribution >= 4 is 51.5 Å². The van der Waals surface area contributed by atoms with E-state index in [0.717, 1.165) is 42.7 Å². The van der Waals surface area contributed by atoms with Crippen molar-refractivity contribution < 1.29 is 9.59 Å². The summed E-state index contributed by atoms with van der Waals surface area (Å²) in [6.07, 6.45) is 1.44. The maximum absolute atomic E-state index is 12.3. The van der Waals surface area contributed by atoms with Gasteiger partial charge in [0.2, 0.25) is 5.91 Å². The zero-order chi connectivity index (χ0) is 20.2. The molecule has 0 saturated carbocycles. The molecule has 0 aliphatic carbocycles. The average Bonchev–Trinajstić information content (AvgIpc) is 3.26. The van der Waals surface area contributed by atoms with Gasteiger partial charge in [-0.15, -0.1) is 23.7 Å². The van der Waals surface area contributed by atoms with Gasteiger partial charge in [0.15, 0.2) is 0 Å². The van der Waals surface area contributed by atoms with Gasteiger partial charge in [-0.1, -0.05) is 30.3 Å². The number of fused-ring (bicyclic) bond motifs is 1. The van der Waals surface area contributed by atoms with Crippen LogP contribution in [0, 0.1) is 5.92 Å². The Morgan fingerprint density at radius 1 is 1.13 bits per heavy atom.